The van der Waals surface area contributed by atoms with Gasteiger partial charge in [0.2, 0.25) is 0 Å². The normalized spacial score (nSPS) is 11.4. The number of aryl methyl sites for hydroxylation is 2. The fraction of sp³-hybridized carbons (Fsp3) is 0.385. The lowest BCUT2D eigenvalue weighted by molar-refractivity contribution is 0.145. The van der Waals surface area contributed by atoms with Crippen LogP contribution in [0.1, 0.15) is 30.3 Å². The third kappa shape index (κ3) is 8.61. The predicted octanol–water partition coefficient (Wildman–Crippen LogP) is 3.80. The minimum atomic E-state index is 0.577. The maximum absolute atomic E-state index is 5.44. The van der Waals surface area contributed by atoms with Gasteiger partial charge in [-0.1, -0.05) is 42.5 Å². The van der Waals surface area contributed by atoms with Gasteiger partial charge in [0.15, 0.2) is 5.96 Å². The van der Waals surface area contributed by atoms with Crippen molar-refractivity contribution in [3.63, 3.8) is 0 Å². The number of rotatable bonds is 13. The van der Waals surface area contributed by atoms with Gasteiger partial charge in [0, 0.05) is 38.7 Å². The largest absolute Gasteiger partial charge is 0.497 e. The molecule has 1 aromatic heterocycles. The molecule has 0 atom stereocenters. The van der Waals surface area contributed by atoms with E-state index in [4.69, 9.17) is 14.5 Å². The van der Waals surface area contributed by atoms with E-state index in [-0.39, 0.29) is 0 Å². The number of guanidine groups is 1. The number of ether oxygens (including phenoxy) is 2. The van der Waals surface area contributed by atoms with E-state index in [2.05, 4.69) is 44.5 Å². The van der Waals surface area contributed by atoms with Crippen molar-refractivity contribution >= 4 is 5.96 Å². The van der Waals surface area contributed by atoms with Crippen LogP contribution in [-0.2, 0) is 30.8 Å². The summed E-state index contributed by atoms with van der Waals surface area (Å²) in [4.78, 5) is 9.31. The first-order valence-corrected chi connectivity index (χ1v) is 11.5. The zero-order chi connectivity index (χ0) is 23.1. The minimum Gasteiger partial charge on any atom is -0.497 e. The van der Waals surface area contributed by atoms with Gasteiger partial charge in [-0.05, 0) is 43.0 Å². The first-order chi connectivity index (χ1) is 16.3. The fourth-order valence-electron chi connectivity index (χ4n) is 3.37. The summed E-state index contributed by atoms with van der Waals surface area (Å²) < 4.78 is 12.9. The van der Waals surface area contributed by atoms with Crippen LogP contribution in [0.3, 0.4) is 0 Å². The van der Waals surface area contributed by atoms with E-state index in [0.717, 1.165) is 62.2 Å². The number of aliphatic imine (C=N–C) groups is 1. The Labute approximate surface area is 196 Å². The van der Waals surface area contributed by atoms with Gasteiger partial charge >= 0.3 is 0 Å². The highest BCUT2D eigenvalue weighted by Crippen LogP contribution is 2.12. The summed E-state index contributed by atoms with van der Waals surface area (Å²) in [5.41, 5.74) is 2.44. The Morgan fingerprint density at radius 2 is 1.85 bits per heavy atom. The van der Waals surface area contributed by atoms with Crippen LogP contribution >= 0.6 is 0 Å². The Hall–Kier alpha value is -3.32. The molecule has 2 aromatic carbocycles. The van der Waals surface area contributed by atoms with Crippen molar-refractivity contribution in [3.05, 3.63) is 83.9 Å². The molecule has 0 radical (unpaired) electrons. The minimum absolute atomic E-state index is 0.577. The van der Waals surface area contributed by atoms with E-state index < -0.39 is 0 Å². The number of nitrogens with zero attached hydrogens (tertiary/aromatic N) is 3. The van der Waals surface area contributed by atoms with Crippen molar-refractivity contribution in [3.8, 4) is 5.75 Å². The second-order valence-electron chi connectivity index (χ2n) is 7.62. The summed E-state index contributed by atoms with van der Waals surface area (Å²) in [6.07, 6.45) is 5.77. The maximum atomic E-state index is 5.44. The summed E-state index contributed by atoms with van der Waals surface area (Å²) in [6, 6.07) is 18.5. The predicted molar refractivity (Wildman–Crippen MR) is 132 cm³/mol. The first kappa shape index (κ1) is 24.3. The summed E-state index contributed by atoms with van der Waals surface area (Å²) in [5, 5.41) is 6.84. The number of hydrogen-bond acceptors (Lipinski definition) is 4. The summed E-state index contributed by atoms with van der Waals surface area (Å²) in [5.74, 6) is 2.59. The van der Waals surface area contributed by atoms with E-state index in [9.17, 15) is 0 Å². The van der Waals surface area contributed by atoms with E-state index in [1.165, 1.54) is 5.56 Å². The third-order valence-corrected chi connectivity index (χ3v) is 5.24. The molecule has 0 bridgehead atoms. The molecule has 0 unspecified atom stereocenters. The lowest BCUT2D eigenvalue weighted by atomic mass is 10.1. The van der Waals surface area contributed by atoms with Gasteiger partial charge in [-0.15, -0.1) is 0 Å². The van der Waals surface area contributed by atoms with Gasteiger partial charge in [-0.2, -0.15) is 0 Å². The van der Waals surface area contributed by atoms with E-state index in [1.807, 2.05) is 49.6 Å². The molecule has 3 rings (SSSR count). The van der Waals surface area contributed by atoms with Crippen LogP contribution in [0.2, 0.25) is 0 Å². The lowest BCUT2D eigenvalue weighted by Crippen LogP contribution is -2.38. The molecule has 7 heteroatoms. The Kier molecular flexibility index (Phi) is 10.3. The van der Waals surface area contributed by atoms with Crippen LogP contribution in [-0.4, -0.2) is 42.4 Å². The molecule has 0 saturated carbocycles. The monoisotopic (exact) mass is 449 g/mol. The Morgan fingerprint density at radius 3 is 2.61 bits per heavy atom. The van der Waals surface area contributed by atoms with E-state index in [1.54, 1.807) is 7.11 Å². The molecule has 1 heterocycles. The highest BCUT2D eigenvalue weighted by molar-refractivity contribution is 5.79. The zero-order valence-corrected chi connectivity index (χ0v) is 19.7. The molecule has 176 valence electrons. The molecule has 7 nitrogen and oxygen atoms in total. The topological polar surface area (TPSA) is 72.7 Å². The van der Waals surface area contributed by atoms with Gasteiger partial charge in [0.1, 0.15) is 11.6 Å². The summed E-state index contributed by atoms with van der Waals surface area (Å²) in [7, 11) is 1.67. The highest BCUT2D eigenvalue weighted by Gasteiger charge is 2.06. The van der Waals surface area contributed by atoms with Crippen molar-refractivity contribution < 1.29 is 9.47 Å². The van der Waals surface area contributed by atoms with Gasteiger partial charge < -0.3 is 24.7 Å². The maximum Gasteiger partial charge on any atom is 0.191 e. The molecular weight excluding hydrogens is 414 g/mol. The van der Waals surface area contributed by atoms with Gasteiger partial charge in [-0.3, -0.25) is 0 Å². The molecule has 2 N–H and O–H groups in total. The Balaban J connectivity index is 1.57. The SMILES string of the molecule is CCOCCCNC(=NCc1ccc(OC)cc1)NCc1nccn1CCc1ccccc1. The third-order valence-electron chi connectivity index (χ3n) is 5.24. The molecule has 0 aliphatic heterocycles. The number of benzene rings is 2. The second kappa shape index (κ2) is 14.0. The van der Waals surface area contributed by atoms with Crippen LogP contribution in [0.4, 0.5) is 0 Å². The van der Waals surface area contributed by atoms with Crippen LogP contribution in [0.15, 0.2) is 72.0 Å². The number of nitrogens with one attached hydrogen (secondary N) is 2. The van der Waals surface area contributed by atoms with Crippen molar-refractivity contribution in [1.29, 1.82) is 0 Å². The van der Waals surface area contributed by atoms with Gasteiger partial charge in [0.25, 0.3) is 0 Å². The van der Waals surface area contributed by atoms with Crippen LogP contribution in [0, 0.1) is 0 Å². The number of aromatic nitrogens is 2. The number of methoxy groups -OCH3 is 1. The first-order valence-electron chi connectivity index (χ1n) is 11.5. The summed E-state index contributed by atoms with van der Waals surface area (Å²) in [6.45, 7) is 6.34. The standard InChI is InChI=1S/C26H35N5O2/c1-3-33-19-7-15-28-26(29-20-23-10-12-24(32-2)13-11-23)30-21-25-27-16-18-31(25)17-14-22-8-5-4-6-9-22/h4-6,8-13,16,18H,3,7,14-15,17,19-21H2,1-2H3,(H2,28,29,30). The quantitative estimate of drug-likeness (QED) is 0.236. The number of imidazole rings is 1. The second-order valence-corrected chi connectivity index (χ2v) is 7.62. The summed E-state index contributed by atoms with van der Waals surface area (Å²) >= 11 is 0. The Morgan fingerprint density at radius 1 is 1.03 bits per heavy atom. The molecule has 0 aliphatic rings. The molecule has 3 aromatic rings. The highest BCUT2D eigenvalue weighted by atomic mass is 16.5. The van der Waals surface area contributed by atoms with E-state index in [0.29, 0.717) is 13.1 Å². The molecule has 0 saturated heterocycles. The zero-order valence-electron chi connectivity index (χ0n) is 19.7. The van der Waals surface area contributed by atoms with Gasteiger partial charge in [-0.25, -0.2) is 9.98 Å². The molecule has 33 heavy (non-hydrogen) atoms. The van der Waals surface area contributed by atoms with E-state index >= 15 is 0 Å². The van der Waals surface area contributed by atoms with Crippen LogP contribution in [0.25, 0.3) is 0 Å². The van der Waals surface area contributed by atoms with Crippen LogP contribution < -0.4 is 15.4 Å². The molecule has 0 fully saturated rings. The number of hydrogen-bond donors (Lipinski definition) is 2. The van der Waals surface area contributed by atoms with Crippen molar-refractivity contribution in [1.82, 2.24) is 20.2 Å². The van der Waals surface area contributed by atoms with Gasteiger partial charge in [0.05, 0.1) is 20.2 Å². The van der Waals surface area contributed by atoms with Crippen molar-refractivity contribution in [2.45, 2.75) is 39.4 Å². The van der Waals surface area contributed by atoms with Crippen molar-refractivity contribution in [2.24, 2.45) is 4.99 Å². The average molecular weight is 450 g/mol. The van der Waals surface area contributed by atoms with Crippen molar-refractivity contribution in [2.75, 3.05) is 26.9 Å². The smallest absolute Gasteiger partial charge is 0.191 e. The molecule has 0 amide bonds. The molecule has 0 spiro atoms. The molecule has 0 aliphatic carbocycles. The lowest BCUT2D eigenvalue weighted by Gasteiger charge is -2.14. The van der Waals surface area contributed by atoms with Crippen LogP contribution in [0.5, 0.6) is 5.75 Å². The average Bonchev–Trinajstić information content (AvgIpc) is 3.32. The fourth-order valence-corrected chi connectivity index (χ4v) is 3.37. The molecular formula is C26H35N5O2. The Bertz CT molecular complexity index is 954.